The first-order valence-electron chi connectivity index (χ1n) is 9.93. The Morgan fingerprint density at radius 2 is 1.43 bits per heavy atom. The third kappa shape index (κ3) is 2.52. The molecule has 142 valence electrons. The van der Waals surface area contributed by atoms with Gasteiger partial charge < -0.3 is 4.74 Å². The normalized spacial score (nSPS) is 15.4. The number of aliphatic imine (C=N–C) groups is 1. The molecular weight excluding hydrogens is 370 g/mol. The van der Waals surface area contributed by atoms with Crippen molar-refractivity contribution in [3.8, 4) is 0 Å². The second-order valence-electron chi connectivity index (χ2n) is 7.71. The fourth-order valence-electron chi connectivity index (χ4n) is 4.26. The van der Waals surface area contributed by atoms with Crippen molar-refractivity contribution < 1.29 is 9.53 Å². The zero-order valence-corrected chi connectivity index (χ0v) is 16.3. The van der Waals surface area contributed by atoms with Crippen LogP contribution in [0.4, 0.5) is 0 Å². The molecule has 0 fully saturated rings. The number of cyclic esters (lactones) is 1. The fourth-order valence-corrected chi connectivity index (χ4v) is 4.26. The summed E-state index contributed by atoms with van der Waals surface area (Å²) in [6.45, 7) is 2.02. The highest BCUT2D eigenvalue weighted by Gasteiger charge is 2.24. The van der Waals surface area contributed by atoms with Crippen LogP contribution in [0.2, 0.25) is 0 Å². The van der Waals surface area contributed by atoms with Crippen molar-refractivity contribution >= 4 is 50.3 Å². The van der Waals surface area contributed by atoms with Crippen molar-refractivity contribution in [3.05, 3.63) is 101 Å². The first-order valence-corrected chi connectivity index (χ1v) is 9.93. The van der Waals surface area contributed by atoms with E-state index in [1.165, 1.54) is 26.9 Å². The van der Waals surface area contributed by atoms with Crippen molar-refractivity contribution in [1.82, 2.24) is 0 Å². The van der Waals surface area contributed by atoms with Gasteiger partial charge >= 0.3 is 5.97 Å². The standard InChI is InChI=1S/C27H17NO2/c1-16-5-7-20(8-6-16)26-28-23(27(29)30-26)15-21-12-11-19-10-9-17-3-2-4-18-13-14-22(21)25(19)24(17)18/h2-15H,1H3. The molecule has 0 aromatic heterocycles. The lowest BCUT2D eigenvalue weighted by Crippen LogP contribution is -2.05. The van der Waals surface area contributed by atoms with Crippen molar-refractivity contribution in [3.63, 3.8) is 0 Å². The average molecular weight is 387 g/mol. The molecule has 0 saturated heterocycles. The van der Waals surface area contributed by atoms with E-state index in [2.05, 4.69) is 53.5 Å². The summed E-state index contributed by atoms with van der Waals surface area (Å²) < 4.78 is 5.44. The van der Waals surface area contributed by atoms with Crippen LogP contribution in [0, 0.1) is 6.92 Å². The van der Waals surface area contributed by atoms with E-state index in [0.717, 1.165) is 22.1 Å². The molecule has 30 heavy (non-hydrogen) atoms. The molecule has 0 amide bonds. The van der Waals surface area contributed by atoms with Gasteiger partial charge in [0.15, 0.2) is 5.70 Å². The highest BCUT2D eigenvalue weighted by Crippen LogP contribution is 2.36. The lowest BCUT2D eigenvalue weighted by Gasteiger charge is -2.12. The molecular formula is C27H17NO2. The van der Waals surface area contributed by atoms with Gasteiger partial charge in [-0.15, -0.1) is 0 Å². The topological polar surface area (TPSA) is 38.7 Å². The summed E-state index contributed by atoms with van der Waals surface area (Å²) in [6.07, 6.45) is 1.83. The Labute approximate surface area is 173 Å². The van der Waals surface area contributed by atoms with E-state index >= 15 is 0 Å². The van der Waals surface area contributed by atoms with E-state index in [4.69, 9.17) is 4.74 Å². The third-order valence-electron chi connectivity index (χ3n) is 5.77. The summed E-state index contributed by atoms with van der Waals surface area (Å²) in [4.78, 5) is 17.0. The van der Waals surface area contributed by atoms with Gasteiger partial charge in [-0.1, -0.05) is 72.3 Å². The van der Waals surface area contributed by atoms with Crippen molar-refractivity contribution in [2.24, 2.45) is 4.99 Å². The maximum atomic E-state index is 12.5. The largest absolute Gasteiger partial charge is 0.402 e. The second-order valence-corrected chi connectivity index (χ2v) is 7.71. The molecule has 6 rings (SSSR count). The Morgan fingerprint density at radius 1 is 0.767 bits per heavy atom. The minimum atomic E-state index is -0.420. The molecule has 1 heterocycles. The molecule has 0 N–H and O–H groups in total. The molecule has 5 aromatic carbocycles. The lowest BCUT2D eigenvalue weighted by molar-refractivity contribution is -0.129. The predicted molar refractivity (Wildman–Crippen MR) is 122 cm³/mol. The quantitative estimate of drug-likeness (QED) is 0.204. The van der Waals surface area contributed by atoms with E-state index in [1.807, 2.05) is 43.3 Å². The van der Waals surface area contributed by atoms with Crippen LogP contribution in [0.5, 0.6) is 0 Å². The molecule has 1 aliphatic heterocycles. The van der Waals surface area contributed by atoms with E-state index in [0.29, 0.717) is 11.6 Å². The zero-order valence-electron chi connectivity index (χ0n) is 16.3. The van der Waals surface area contributed by atoms with Crippen LogP contribution in [-0.4, -0.2) is 11.9 Å². The minimum Gasteiger partial charge on any atom is -0.402 e. The van der Waals surface area contributed by atoms with Crippen molar-refractivity contribution in [2.45, 2.75) is 6.92 Å². The SMILES string of the molecule is Cc1ccc(C2=NC(=Cc3ccc4ccc5cccc6ccc3c4c56)C(=O)O2)cc1. The molecule has 0 unspecified atom stereocenters. The molecule has 0 bridgehead atoms. The number of hydrogen-bond acceptors (Lipinski definition) is 3. The van der Waals surface area contributed by atoms with E-state index < -0.39 is 5.97 Å². The Hall–Kier alpha value is -3.98. The summed E-state index contributed by atoms with van der Waals surface area (Å²) in [5, 5.41) is 7.20. The first kappa shape index (κ1) is 16.9. The van der Waals surface area contributed by atoms with Crippen LogP contribution < -0.4 is 0 Å². The van der Waals surface area contributed by atoms with Gasteiger partial charge in [-0.25, -0.2) is 9.79 Å². The van der Waals surface area contributed by atoms with Gasteiger partial charge in [-0.05, 0) is 63.0 Å². The number of nitrogens with zero attached hydrogens (tertiary/aromatic N) is 1. The number of benzene rings is 5. The van der Waals surface area contributed by atoms with Crippen LogP contribution in [-0.2, 0) is 9.53 Å². The number of rotatable bonds is 2. The summed E-state index contributed by atoms with van der Waals surface area (Å²) in [7, 11) is 0. The summed E-state index contributed by atoms with van der Waals surface area (Å²) in [6, 6.07) is 26.9. The minimum absolute atomic E-state index is 0.320. The Balaban J connectivity index is 1.53. The third-order valence-corrected chi connectivity index (χ3v) is 5.77. The Morgan fingerprint density at radius 3 is 2.20 bits per heavy atom. The Bertz CT molecular complexity index is 1510. The van der Waals surface area contributed by atoms with Crippen LogP contribution in [0.15, 0.2) is 89.6 Å². The molecule has 0 saturated carbocycles. The summed E-state index contributed by atoms with van der Waals surface area (Å²) >= 11 is 0. The van der Waals surface area contributed by atoms with Gasteiger partial charge in [0.2, 0.25) is 5.90 Å². The predicted octanol–water partition coefficient (Wildman–Crippen LogP) is 6.24. The second kappa shape index (κ2) is 6.26. The highest BCUT2D eigenvalue weighted by atomic mass is 16.6. The number of carbonyl (C=O) groups is 1. The van der Waals surface area contributed by atoms with Gasteiger partial charge in [0.1, 0.15) is 0 Å². The smallest absolute Gasteiger partial charge is 0.363 e. The van der Waals surface area contributed by atoms with Gasteiger partial charge in [0.25, 0.3) is 0 Å². The summed E-state index contributed by atoms with van der Waals surface area (Å²) in [5.74, 6) is -0.0692. The lowest BCUT2D eigenvalue weighted by atomic mass is 9.92. The van der Waals surface area contributed by atoms with Crippen molar-refractivity contribution in [1.29, 1.82) is 0 Å². The first-order chi connectivity index (χ1) is 14.7. The number of ether oxygens (including phenoxy) is 1. The van der Waals surface area contributed by atoms with Gasteiger partial charge in [-0.2, -0.15) is 0 Å². The number of aryl methyl sites for hydroxylation is 1. The van der Waals surface area contributed by atoms with Crippen LogP contribution in [0.1, 0.15) is 16.7 Å². The average Bonchev–Trinajstić information content (AvgIpc) is 3.13. The highest BCUT2D eigenvalue weighted by molar-refractivity contribution is 6.24. The molecule has 0 aliphatic carbocycles. The van der Waals surface area contributed by atoms with E-state index in [1.54, 1.807) is 0 Å². The fraction of sp³-hybridized carbons (Fsp3) is 0.0370. The van der Waals surface area contributed by atoms with Crippen LogP contribution in [0.3, 0.4) is 0 Å². The Kier molecular flexibility index (Phi) is 3.53. The number of hydrogen-bond donors (Lipinski definition) is 0. The zero-order chi connectivity index (χ0) is 20.2. The molecule has 3 nitrogen and oxygen atoms in total. The van der Waals surface area contributed by atoms with Crippen LogP contribution >= 0.6 is 0 Å². The van der Waals surface area contributed by atoms with Crippen LogP contribution in [0.25, 0.3) is 38.4 Å². The molecule has 0 radical (unpaired) electrons. The molecule has 0 spiro atoms. The molecule has 5 aromatic rings. The van der Waals surface area contributed by atoms with Gasteiger partial charge in [0.05, 0.1) is 0 Å². The molecule has 3 heteroatoms. The molecule has 0 atom stereocenters. The molecule has 1 aliphatic rings. The van der Waals surface area contributed by atoms with Crippen molar-refractivity contribution in [2.75, 3.05) is 0 Å². The van der Waals surface area contributed by atoms with Gasteiger partial charge in [-0.3, -0.25) is 0 Å². The number of carbonyl (C=O) groups excluding carboxylic acids is 1. The maximum Gasteiger partial charge on any atom is 0.363 e. The van der Waals surface area contributed by atoms with E-state index in [9.17, 15) is 4.79 Å². The number of esters is 1. The maximum absolute atomic E-state index is 12.5. The summed E-state index contributed by atoms with van der Waals surface area (Å²) in [5.41, 5.74) is 3.23. The van der Waals surface area contributed by atoms with Gasteiger partial charge in [0, 0.05) is 5.56 Å². The monoisotopic (exact) mass is 387 g/mol. The van der Waals surface area contributed by atoms with E-state index in [-0.39, 0.29) is 0 Å².